The molecule has 0 bridgehead atoms. The van der Waals surface area contributed by atoms with Crippen molar-refractivity contribution in [3.8, 4) is 0 Å². The Labute approximate surface area is 207 Å². The molecule has 35 heavy (non-hydrogen) atoms. The van der Waals surface area contributed by atoms with Crippen LogP contribution in [0.1, 0.15) is 103 Å². The predicted molar refractivity (Wildman–Crippen MR) is 137 cm³/mol. The van der Waals surface area contributed by atoms with Gasteiger partial charge in [0.25, 0.3) is 11.8 Å². The Bertz CT molecular complexity index is 1040. The molecule has 0 unspecified atom stereocenters. The number of hydrogen-bond acceptors (Lipinski definition) is 4. The van der Waals surface area contributed by atoms with E-state index in [0.29, 0.717) is 13.0 Å². The molecule has 2 aliphatic carbocycles. The van der Waals surface area contributed by atoms with Crippen molar-refractivity contribution in [3.63, 3.8) is 0 Å². The van der Waals surface area contributed by atoms with Gasteiger partial charge in [0, 0.05) is 49.3 Å². The van der Waals surface area contributed by atoms with Crippen LogP contribution >= 0.6 is 0 Å². The van der Waals surface area contributed by atoms with Crippen LogP contribution in [0, 0.1) is 0 Å². The van der Waals surface area contributed by atoms with Crippen LogP contribution < -0.4 is 16.1 Å². The molecule has 2 aromatic heterocycles. The summed E-state index contributed by atoms with van der Waals surface area (Å²) in [4.78, 5) is 44.1. The van der Waals surface area contributed by atoms with Crippen molar-refractivity contribution in [3.05, 3.63) is 63.8 Å². The van der Waals surface area contributed by atoms with Crippen LogP contribution in [0.5, 0.6) is 0 Å². The molecule has 0 saturated heterocycles. The fourth-order valence-corrected chi connectivity index (χ4v) is 5.25. The number of hydrogen-bond donors (Lipinski definition) is 2. The molecule has 2 aliphatic rings. The highest BCUT2D eigenvalue weighted by Gasteiger charge is 2.24. The van der Waals surface area contributed by atoms with Gasteiger partial charge < -0.3 is 15.2 Å². The summed E-state index contributed by atoms with van der Waals surface area (Å²) in [5.41, 5.74) is 0.516. The van der Waals surface area contributed by atoms with Gasteiger partial charge in [-0.15, -0.1) is 0 Å². The molecular weight excluding hydrogens is 440 g/mol. The van der Waals surface area contributed by atoms with E-state index in [-0.39, 0.29) is 35.0 Å². The van der Waals surface area contributed by atoms with E-state index in [4.69, 9.17) is 0 Å². The van der Waals surface area contributed by atoms with Crippen molar-refractivity contribution in [2.24, 2.45) is 0 Å². The maximum absolute atomic E-state index is 13.3. The highest BCUT2D eigenvalue weighted by molar-refractivity contribution is 5.99. The molecule has 0 spiro atoms. The average molecular weight is 479 g/mol. The minimum absolute atomic E-state index is 0.0434. The van der Waals surface area contributed by atoms with Gasteiger partial charge in [-0.2, -0.15) is 0 Å². The van der Waals surface area contributed by atoms with Crippen LogP contribution in [0.4, 0.5) is 0 Å². The molecule has 0 aromatic carbocycles. The zero-order chi connectivity index (χ0) is 24.5. The van der Waals surface area contributed by atoms with Gasteiger partial charge in [0.15, 0.2) is 0 Å². The Kier molecular flexibility index (Phi) is 9.09. The first-order valence-corrected chi connectivity index (χ1v) is 13.4. The number of aryl methyl sites for hydroxylation is 2. The Balaban J connectivity index is 1.56. The topological polar surface area (TPSA) is 93.1 Å². The van der Waals surface area contributed by atoms with Gasteiger partial charge in [-0.25, -0.2) is 0 Å². The van der Waals surface area contributed by atoms with Crippen LogP contribution in [-0.4, -0.2) is 33.4 Å². The second-order valence-electron chi connectivity index (χ2n) is 10.0. The lowest BCUT2D eigenvalue weighted by atomic mass is 9.95. The van der Waals surface area contributed by atoms with E-state index in [2.05, 4.69) is 15.6 Å². The van der Waals surface area contributed by atoms with E-state index in [1.807, 2.05) is 18.2 Å². The van der Waals surface area contributed by atoms with Gasteiger partial charge in [-0.3, -0.25) is 19.4 Å². The third-order valence-electron chi connectivity index (χ3n) is 7.30. The normalized spacial score (nSPS) is 17.8. The second-order valence-corrected chi connectivity index (χ2v) is 10.0. The van der Waals surface area contributed by atoms with E-state index in [1.165, 1.54) is 25.7 Å². The number of nitrogens with one attached hydrogen (secondary N) is 2. The summed E-state index contributed by atoms with van der Waals surface area (Å²) < 4.78 is 1.79. The summed E-state index contributed by atoms with van der Waals surface area (Å²) >= 11 is 0. The van der Waals surface area contributed by atoms with Gasteiger partial charge in [0.05, 0.1) is 0 Å². The van der Waals surface area contributed by atoms with Crippen LogP contribution in [0.15, 0.2) is 41.6 Å². The number of carbonyl (C=O) groups excluding carboxylic acids is 2. The molecule has 188 valence electrons. The maximum Gasteiger partial charge on any atom is 0.256 e. The van der Waals surface area contributed by atoms with E-state index in [0.717, 1.165) is 57.1 Å². The van der Waals surface area contributed by atoms with E-state index >= 15 is 0 Å². The average Bonchev–Trinajstić information content (AvgIpc) is 2.86. The van der Waals surface area contributed by atoms with Gasteiger partial charge in [0.2, 0.25) is 5.43 Å². The molecule has 2 heterocycles. The fraction of sp³-hybridized carbons (Fsp3) is 0.571. The minimum atomic E-state index is -0.490. The zero-order valence-corrected chi connectivity index (χ0v) is 20.6. The molecule has 0 radical (unpaired) electrons. The highest BCUT2D eigenvalue weighted by Crippen LogP contribution is 2.19. The molecule has 7 heteroatoms. The molecule has 4 rings (SSSR count). The second kappa shape index (κ2) is 12.7. The molecular formula is C28H38N4O3. The molecule has 7 nitrogen and oxygen atoms in total. The molecule has 2 amide bonds. The van der Waals surface area contributed by atoms with Crippen LogP contribution in [0.2, 0.25) is 0 Å². The van der Waals surface area contributed by atoms with Crippen molar-refractivity contribution < 1.29 is 9.59 Å². The molecule has 2 N–H and O–H groups in total. The number of aromatic nitrogens is 2. The molecule has 2 saturated carbocycles. The van der Waals surface area contributed by atoms with Gasteiger partial charge in [-0.1, -0.05) is 57.4 Å². The lowest BCUT2D eigenvalue weighted by Gasteiger charge is -2.23. The van der Waals surface area contributed by atoms with E-state index in [1.54, 1.807) is 23.2 Å². The predicted octanol–water partition coefficient (Wildman–Crippen LogP) is 4.39. The summed E-state index contributed by atoms with van der Waals surface area (Å²) in [6.45, 7) is 0.519. The maximum atomic E-state index is 13.3. The monoisotopic (exact) mass is 478 g/mol. The quantitative estimate of drug-likeness (QED) is 0.617. The Morgan fingerprint density at radius 3 is 1.83 bits per heavy atom. The smallest absolute Gasteiger partial charge is 0.256 e. The summed E-state index contributed by atoms with van der Waals surface area (Å²) in [7, 11) is 0. The minimum Gasteiger partial charge on any atom is -0.352 e. The van der Waals surface area contributed by atoms with Crippen molar-refractivity contribution >= 4 is 11.8 Å². The summed E-state index contributed by atoms with van der Waals surface area (Å²) in [6, 6.07) is 5.91. The summed E-state index contributed by atoms with van der Waals surface area (Å²) in [5, 5.41) is 6.14. The van der Waals surface area contributed by atoms with Gasteiger partial charge in [-0.05, 0) is 37.8 Å². The van der Waals surface area contributed by atoms with Crippen molar-refractivity contribution in [2.75, 3.05) is 0 Å². The van der Waals surface area contributed by atoms with E-state index in [9.17, 15) is 14.4 Å². The van der Waals surface area contributed by atoms with Crippen LogP contribution in [0.25, 0.3) is 0 Å². The Morgan fingerprint density at radius 1 is 0.800 bits per heavy atom. The van der Waals surface area contributed by atoms with Crippen molar-refractivity contribution in [1.29, 1.82) is 0 Å². The molecule has 0 atom stereocenters. The lowest BCUT2D eigenvalue weighted by molar-refractivity contribution is 0.0925. The number of pyridine rings is 2. The first-order chi connectivity index (χ1) is 17.1. The number of nitrogens with zero attached hydrogens (tertiary/aromatic N) is 2. The summed E-state index contributed by atoms with van der Waals surface area (Å²) in [6.07, 6.45) is 18.5. The molecule has 2 aromatic rings. The Morgan fingerprint density at radius 2 is 1.31 bits per heavy atom. The van der Waals surface area contributed by atoms with Gasteiger partial charge in [0.1, 0.15) is 11.1 Å². The molecule has 0 aliphatic heterocycles. The molecule has 2 fully saturated rings. The lowest BCUT2D eigenvalue weighted by Crippen LogP contribution is -2.42. The first-order valence-electron chi connectivity index (χ1n) is 13.4. The number of carbonyl (C=O) groups is 2. The summed E-state index contributed by atoms with van der Waals surface area (Å²) in [5.74, 6) is -0.756. The van der Waals surface area contributed by atoms with Crippen LogP contribution in [0.3, 0.4) is 0 Å². The highest BCUT2D eigenvalue weighted by atomic mass is 16.2. The van der Waals surface area contributed by atoms with Crippen molar-refractivity contribution in [1.82, 2.24) is 20.2 Å². The number of rotatable bonds is 7. The van der Waals surface area contributed by atoms with E-state index < -0.39 is 5.43 Å². The third-order valence-corrected chi connectivity index (χ3v) is 7.30. The van der Waals surface area contributed by atoms with Crippen molar-refractivity contribution in [2.45, 2.75) is 102 Å². The van der Waals surface area contributed by atoms with Crippen LogP contribution in [-0.2, 0) is 13.0 Å². The first kappa shape index (κ1) is 25.1. The zero-order valence-electron chi connectivity index (χ0n) is 20.6. The third kappa shape index (κ3) is 7.26. The largest absolute Gasteiger partial charge is 0.352 e. The number of amides is 2. The standard InChI is InChI=1S/C28H38N4O3/c33-26-24(27(34)30-22-12-5-2-1-3-6-13-22)19-32(18-16-21-11-9-10-17-29-21)20-25(26)28(35)31-23-14-7-4-8-15-23/h9-11,17,19-20,22-23H,1-8,12-16,18H2,(H,30,34)(H,31,35). The SMILES string of the molecule is O=C(NC1CCCCCCC1)c1cn(CCc2ccccn2)cc(C(=O)NC2CCCCC2)c1=O. The Hall–Kier alpha value is -2.96. The fourth-order valence-electron chi connectivity index (χ4n) is 5.25. The van der Waals surface area contributed by atoms with Gasteiger partial charge >= 0.3 is 0 Å².